The molecule has 0 bridgehead atoms. The summed E-state index contributed by atoms with van der Waals surface area (Å²) in [4.78, 5) is 22.7. The van der Waals surface area contributed by atoms with Gasteiger partial charge in [-0.1, -0.05) is 65.8 Å². The maximum atomic E-state index is 12.9. The molecule has 1 N–H and O–H groups in total. The van der Waals surface area contributed by atoms with Gasteiger partial charge in [0.15, 0.2) is 0 Å². The molecule has 2 aromatic carbocycles. The summed E-state index contributed by atoms with van der Waals surface area (Å²) in [5.41, 5.74) is 2.71. The highest BCUT2D eigenvalue weighted by Crippen LogP contribution is 2.22. The molecular formula is C21H20N4O2. The third-order valence-electron chi connectivity index (χ3n) is 4.60. The molecule has 136 valence electrons. The van der Waals surface area contributed by atoms with Crippen molar-refractivity contribution < 1.29 is 9.63 Å². The predicted octanol–water partition coefficient (Wildman–Crippen LogP) is 2.82. The summed E-state index contributed by atoms with van der Waals surface area (Å²) in [7, 11) is 1.91. The molecule has 0 fully saturated rings. The van der Waals surface area contributed by atoms with Crippen LogP contribution in [0.15, 0.2) is 78.2 Å². The summed E-state index contributed by atoms with van der Waals surface area (Å²) < 4.78 is 1.90. The fraction of sp³-hybridized carbons (Fsp3) is 0.190. The Kier molecular flexibility index (Phi) is 4.70. The molecule has 1 aromatic heterocycles. The minimum absolute atomic E-state index is 0.207. The van der Waals surface area contributed by atoms with Gasteiger partial charge in [-0.2, -0.15) is 0 Å². The number of carbonyl (C=O) groups excluding carboxylic acids is 1. The van der Waals surface area contributed by atoms with Gasteiger partial charge in [-0.15, -0.1) is 0 Å². The summed E-state index contributed by atoms with van der Waals surface area (Å²) in [5, 5.41) is 7.17. The van der Waals surface area contributed by atoms with E-state index >= 15 is 0 Å². The molecule has 2 heterocycles. The SMILES string of the molecule is Cn1ccnc1C(NC(=O)C1CC(c2ccccc2)=NO1)c1ccccc1. The highest BCUT2D eigenvalue weighted by atomic mass is 16.6. The van der Waals surface area contributed by atoms with Crippen LogP contribution >= 0.6 is 0 Å². The van der Waals surface area contributed by atoms with Crippen molar-refractivity contribution in [2.45, 2.75) is 18.6 Å². The number of nitrogens with zero attached hydrogens (tertiary/aromatic N) is 3. The maximum Gasteiger partial charge on any atom is 0.265 e. The van der Waals surface area contributed by atoms with Gasteiger partial charge >= 0.3 is 0 Å². The highest BCUT2D eigenvalue weighted by molar-refractivity contribution is 6.04. The number of carbonyl (C=O) groups is 1. The zero-order valence-corrected chi connectivity index (χ0v) is 14.9. The summed E-state index contributed by atoms with van der Waals surface area (Å²) in [6.07, 6.45) is 3.38. The predicted molar refractivity (Wildman–Crippen MR) is 102 cm³/mol. The van der Waals surface area contributed by atoms with E-state index in [0.29, 0.717) is 6.42 Å². The molecule has 1 aliphatic rings. The molecule has 4 rings (SSSR count). The van der Waals surface area contributed by atoms with E-state index in [-0.39, 0.29) is 11.9 Å². The fourth-order valence-electron chi connectivity index (χ4n) is 3.15. The Morgan fingerprint density at radius 1 is 1.15 bits per heavy atom. The van der Waals surface area contributed by atoms with E-state index in [1.54, 1.807) is 6.20 Å². The van der Waals surface area contributed by atoms with E-state index in [1.165, 1.54) is 0 Å². The molecule has 1 aliphatic heterocycles. The Balaban J connectivity index is 1.51. The van der Waals surface area contributed by atoms with Crippen LogP contribution < -0.4 is 5.32 Å². The van der Waals surface area contributed by atoms with Crippen LogP contribution in [0.2, 0.25) is 0 Å². The quantitative estimate of drug-likeness (QED) is 0.761. The normalized spacial score (nSPS) is 17.1. The Bertz CT molecular complexity index is 951. The Labute approximate surface area is 157 Å². The van der Waals surface area contributed by atoms with Crippen LogP contribution in [-0.4, -0.2) is 27.3 Å². The Morgan fingerprint density at radius 3 is 2.52 bits per heavy atom. The first-order valence-corrected chi connectivity index (χ1v) is 8.83. The molecule has 2 atom stereocenters. The number of hydrogen-bond acceptors (Lipinski definition) is 4. The van der Waals surface area contributed by atoms with E-state index in [4.69, 9.17) is 4.84 Å². The van der Waals surface area contributed by atoms with Gasteiger partial charge in [0.1, 0.15) is 11.9 Å². The van der Waals surface area contributed by atoms with Crippen molar-refractivity contribution in [3.63, 3.8) is 0 Å². The van der Waals surface area contributed by atoms with Gasteiger partial charge < -0.3 is 14.7 Å². The summed E-state index contributed by atoms with van der Waals surface area (Å²) in [5.74, 6) is 0.554. The first-order chi connectivity index (χ1) is 13.2. The average Bonchev–Trinajstić information content (AvgIpc) is 3.37. The molecule has 3 aromatic rings. The summed E-state index contributed by atoms with van der Waals surface area (Å²) in [6.45, 7) is 0. The largest absolute Gasteiger partial charge is 0.382 e. The first kappa shape index (κ1) is 17.0. The number of amides is 1. The lowest BCUT2D eigenvalue weighted by molar-refractivity contribution is -0.131. The molecule has 0 radical (unpaired) electrons. The lowest BCUT2D eigenvalue weighted by atomic mass is 10.0. The molecule has 27 heavy (non-hydrogen) atoms. The first-order valence-electron chi connectivity index (χ1n) is 8.83. The second-order valence-corrected chi connectivity index (χ2v) is 6.45. The standard InChI is InChI=1S/C21H20N4O2/c1-25-13-12-22-20(25)19(16-10-6-3-7-11-16)23-21(26)18-14-17(24-27-18)15-8-4-2-5-9-15/h2-13,18-19H,14H2,1H3,(H,23,26). The number of imidazole rings is 1. The smallest absolute Gasteiger partial charge is 0.265 e. The lowest BCUT2D eigenvalue weighted by Gasteiger charge is -2.20. The van der Waals surface area contributed by atoms with Crippen molar-refractivity contribution in [3.8, 4) is 0 Å². The minimum Gasteiger partial charge on any atom is -0.382 e. The molecule has 6 nitrogen and oxygen atoms in total. The monoisotopic (exact) mass is 360 g/mol. The summed E-state index contributed by atoms with van der Waals surface area (Å²) >= 11 is 0. The molecule has 1 amide bonds. The zero-order valence-electron chi connectivity index (χ0n) is 14.9. The van der Waals surface area contributed by atoms with Crippen LogP contribution in [0.3, 0.4) is 0 Å². The van der Waals surface area contributed by atoms with Crippen molar-refractivity contribution in [3.05, 3.63) is 90.0 Å². The van der Waals surface area contributed by atoms with Crippen molar-refractivity contribution in [1.82, 2.24) is 14.9 Å². The van der Waals surface area contributed by atoms with Crippen molar-refractivity contribution >= 4 is 11.6 Å². The van der Waals surface area contributed by atoms with Gasteiger partial charge in [0.2, 0.25) is 6.10 Å². The number of benzene rings is 2. The van der Waals surface area contributed by atoms with Crippen LogP contribution in [0.25, 0.3) is 0 Å². The zero-order chi connectivity index (χ0) is 18.6. The fourth-order valence-corrected chi connectivity index (χ4v) is 3.15. The van der Waals surface area contributed by atoms with Gasteiger partial charge in [0.05, 0.1) is 5.71 Å². The highest BCUT2D eigenvalue weighted by Gasteiger charge is 2.31. The van der Waals surface area contributed by atoms with Gasteiger partial charge in [-0.3, -0.25) is 4.79 Å². The maximum absolute atomic E-state index is 12.9. The Hall–Kier alpha value is -3.41. The third kappa shape index (κ3) is 3.60. The van der Waals surface area contributed by atoms with Crippen LogP contribution in [0.4, 0.5) is 0 Å². The minimum atomic E-state index is -0.647. The van der Waals surface area contributed by atoms with Crippen LogP contribution in [0.1, 0.15) is 29.4 Å². The van der Waals surface area contributed by atoms with Crippen molar-refractivity contribution in [2.75, 3.05) is 0 Å². The van der Waals surface area contributed by atoms with Gasteiger partial charge in [0.25, 0.3) is 5.91 Å². The lowest BCUT2D eigenvalue weighted by Crippen LogP contribution is -2.38. The van der Waals surface area contributed by atoms with Gasteiger partial charge in [0, 0.05) is 25.9 Å². The second-order valence-electron chi connectivity index (χ2n) is 6.45. The number of oxime groups is 1. The van der Waals surface area contributed by atoms with Crippen LogP contribution in [0.5, 0.6) is 0 Å². The van der Waals surface area contributed by atoms with Crippen molar-refractivity contribution in [1.29, 1.82) is 0 Å². The van der Waals surface area contributed by atoms with Gasteiger partial charge in [-0.25, -0.2) is 4.98 Å². The molecule has 0 saturated carbocycles. The molecule has 6 heteroatoms. The topological polar surface area (TPSA) is 68.5 Å². The number of nitrogens with one attached hydrogen (secondary N) is 1. The second kappa shape index (κ2) is 7.45. The molecule has 0 aliphatic carbocycles. The average molecular weight is 360 g/mol. The third-order valence-corrected chi connectivity index (χ3v) is 4.60. The summed E-state index contributed by atoms with van der Waals surface area (Å²) in [6, 6.07) is 19.2. The van der Waals surface area contributed by atoms with E-state index in [2.05, 4.69) is 15.5 Å². The molecule has 0 saturated heterocycles. The van der Waals surface area contributed by atoms with Crippen molar-refractivity contribution in [2.24, 2.45) is 12.2 Å². The van der Waals surface area contributed by atoms with E-state index in [0.717, 1.165) is 22.7 Å². The van der Waals surface area contributed by atoms with Crippen LogP contribution in [-0.2, 0) is 16.7 Å². The Morgan fingerprint density at radius 2 is 1.85 bits per heavy atom. The van der Waals surface area contributed by atoms with E-state index in [1.807, 2.05) is 78.5 Å². The number of aryl methyl sites for hydroxylation is 1. The molecule has 2 unspecified atom stereocenters. The number of rotatable bonds is 5. The molecular weight excluding hydrogens is 340 g/mol. The van der Waals surface area contributed by atoms with Crippen LogP contribution in [0, 0.1) is 0 Å². The number of hydrogen-bond donors (Lipinski definition) is 1. The molecule has 0 spiro atoms. The van der Waals surface area contributed by atoms with E-state index in [9.17, 15) is 4.79 Å². The van der Waals surface area contributed by atoms with Gasteiger partial charge in [-0.05, 0) is 11.1 Å². The number of aromatic nitrogens is 2. The van der Waals surface area contributed by atoms with E-state index < -0.39 is 6.10 Å².